The van der Waals surface area contributed by atoms with E-state index in [1.165, 1.54) is 35.2 Å². The average Bonchev–Trinajstić information content (AvgIpc) is 3.30. The molecular weight excluding hydrogens is 447 g/mol. The van der Waals surface area contributed by atoms with Crippen molar-refractivity contribution in [2.45, 2.75) is 24.0 Å². The summed E-state index contributed by atoms with van der Waals surface area (Å²) in [5.74, 6) is -0.746. The minimum Gasteiger partial charge on any atom is -0.369 e. The Kier molecular flexibility index (Phi) is 6.57. The lowest BCUT2D eigenvalue weighted by atomic mass is 10.0. The molecule has 164 valence electrons. The van der Waals surface area contributed by atoms with Gasteiger partial charge in [-0.05, 0) is 42.7 Å². The van der Waals surface area contributed by atoms with E-state index in [4.69, 9.17) is 5.73 Å². The van der Waals surface area contributed by atoms with Crippen molar-refractivity contribution in [2.75, 3.05) is 11.1 Å². The van der Waals surface area contributed by atoms with E-state index >= 15 is 0 Å². The van der Waals surface area contributed by atoms with Gasteiger partial charge in [-0.15, -0.1) is 11.8 Å². The summed E-state index contributed by atoms with van der Waals surface area (Å²) in [7, 11) is 0. The normalized spacial score (nSPS) is 11.1. The maximum Gasteiger partial charge on any atom is 0.227 e. The lowest BCUT2D eigenvalue weighted by molar-refractivity contribution is -0.116. The molecule has 0 unspecified atom stereocenters. The molecule has 2 heterocycles. The molecule has 2 aromatic carbocycles. The second-order valence-corrected chi connectivity index (χ2v) is 9.47. The number of carbonyl (C=O) groups excluding carboxylic acids is 2. The van der Waals surface area contributed by atoms with Gasteiger partial charge in [-0.2, -0.15) is 0 Å². The molecule has 4 N–H and O–H groups in total. The zero-order valence-corrected chi connectivity index (χ0v) is 18.9. The minimum atomic E-state index is -0.405. The van der Waals surface area contributed by atoms with Crippen LogP contribution in [-0.2, 0) is 16.0 Å². The van der Waals surface area contributed by atoms with Crippen molar-refractivity contribution in [2.24, 2.45) is 5.73 Å². The molecule has 6 nitrogen and oxygen atoms in total. The van der Waals surface area contributed by atoms with Crippen LogP contribution in [0.4, 0.5) is 9.52 Å². The summed E-state index contributed by atoms with van der Waals surface area (Å²) >= 11 is 2.62. The van der Waals surface area contributed by atoms with Crippen molar-refractivity contribution >= 4 is 50.9 Å². The number of thiazole rings is 1. The first kappa shape index (κ1) is 22.0. The molecule has 0 atom stereocenters. The Morgan fingerprint density at radius 1 is 1.22 bits per heavy atom. The Hall–Kier alpha value is -3.17. The Labute approximate surface area is 192 Å². The monoisotopic (exact) mass is 468 g/mol. The fourth-order valence-electron chi connectivity index (χ4n) is 3.46. The summed E-state index contributed by atoms with van der Waals surface area (Å²) in [5, 5.41) is 4.08. The SMILES string of the molecule is Cc1nc(NC(=O)CCc2c(-c3ccccc3)[nH]c3ccc(F)cc23)sc1SCC(N)=O. The van der Waals surface area contributed by atoms with Crippen LogP contribution in [0.25, 0.3) is 22.2 Å². The number of nitrogens with two attached hydrogens (primary N) is 1. The number of fused-ring (bicyclic) bond motifs is 1. The molecule has 0 aliphatic heterocycles. The number of aryl methyl sites for hydroxylation is 2. The molecule has 9 heteroatoms. The fraction of sp³-hybridized carbons (Fsp3) is 0.174. The van der Waals surface area contributed by atoms with Gasteiger partial charge >= 0.3 is 0 Å². The zero-order valence-electron chi connectivity index (χ0n) is 17.3. The van der Waals surface area contributed by atoms with Gasteiger partial charge in [0.25, 0.3) is 0 Å². The fourth-order valence-corrected chi connectivity index (χ4v) is 5.35. The van der Waals surface area contributed by atoms with Gasteiger partial charge in [0, 0.05) is 23.0 Å². The van der Waals surface area contributed by atoms with Crippen LogP contribution in [0.5, 0.6) is 0 Å². The number of thioether (sulfide) groups is 1. The van der Waals surface area contributed by atoms with Crippen LogP contribution in [0.3, 0.4) is 0 Å². The second-order valence-electron chi connectivity index (χ2n) is 7.23. The number of primary amides is 1. The Bertz CT molecular complexity index is 1280. The lowest BCUT2D eigenvalue weighted by Crippen LogP contribution is -2.12. The van der Waals surface area contributed by atoms with Gasteiger partial charge in [0.1, 0.15) is 5.82 Å². The van der Waals surface area contributed by atoms with E-state index in [0.29, 0.717) is 11.6 Å². The van der Waals surface area contributed by atoms with Crippen molar-refractivity contribution in [3.63, 3.8) is 0 Å². The molecule has 4 aromatic rings. The highest BCUT2D eigenvalue weighted by atomic mass is 32.2. The van der Waals surface area contributed by atoms with Gasteiger partial charge in [0.2, 0.25) is 11.8 Å². The predicted octanol–water partition coefficient (Wildman–Crippen LogP) is 4.89. The third kappa shape index (κ3) is 5.00. The number of rotatable bonds is 8. The maximum absolute atomic E-state index is 13.9. The largest absolute Gasteiger partial charge is 0.369 e. The van der Waals surface area contributed by atoms with Gasteiger partial charge < -0.3 is 16.0 Å². The molecule has 0 aliphatic carbocycles. The molecule has 0 saturated carbocycles. The summed E-state index contributed by atoms with van der Waals surface area (Å²) in [6, 6.07) is 14.4. The number of nitrogens with zero attached hydrogens (tertiary/aromatic N) is 1. The Balaban J connectivity index is 1.52. The minimum absolute atomic E-state index is 0.163. The molecule has 0 radical (unpaired) electrons. The quantitative estimate of drug-likeness (QED) is 0.321. The molecule has 4 rings (SSSR count). The van der Waals surface area contributed by atoms with E-state index in [1.54, 1.807) is 6.07 Å². The van der Waals surface area contributed by atoms with Gasteiger partial charge in [0.15, 0.2) is 5.13 Å². The standard InChI is InChI=1S/C23H21FN4O2S2/c1-13-22(31-12-19(25)29)32-23(26-13)28-20(30)10-8-16-17-11-15(24)7-9-18(17)27-21(16)14-5-3-2-4-6-14/h2-7,9,11,27H,8,10,12H2,1H3,(H2,25,29)(H,26,28,30). The summed E-state index contributed by atoms with van der Waals surface area (Å²) in [6.45, 7) is 1.82. The van der Waals surface area contributed by atoms with Crippen LogP contribution in [-0.4, -0.2) is 27.5 Å². The van der Waals surface area contributed by atoms with Crippen LogP contribution in [0.1, 0.15) is 17.7 Å². The van der Waals surface area contributed by atoms with Crippen LogP contribution in [0.2, 0.25) is 0 Å². The third-order valence-corrected chi connectivity index (χ3v) is 7.34. The number of aromatic amines is 1. The van der Waals surface area contributed by atoms with E-state index < -0.39 is 5.91 Å². The van der Waals surface area contributed by atoms with E-state index in [0.717, 1.165) is 37.6 Å². The molecule has 0 spiro atoms. The summed E-state index contributed by atoms with van der Waals surface area (Å²) < 4.78 is 14.8. The molecule has 0 saturated heterocycles. The topological polar surface area (TPSA) is 101 Å². The number of carbonyl (C=O) groups is 2. The van der Waals surface area contributed by atoms with Crippen LogP contribution in [0.15, 0.2) is 52.7 Å². The number of hydrogen-bond donors (Lipinski definition) is 3. The van der Waals surface area contributed by atoms with Gasteiger partial charge in [0.05, 0.1) is 15.7 Å². The lowest BCUT2D eigenvalue weighted by Gasteiger charge is -2.06. The summed E-state index contributed by atoms with van der Waals surface area (Å²) in [4.78, 5) is 31.4. The number of benzene rings is 2. The van der Waals surface area contributed by atoms with E-state index in [-0.39, 0.29) is 23.9 Å². The van der Waals surface area contributed by atoms with Crippen LogP contribution >= 0.6 is 23.1 Å². The third-order valence-electron chi connectivity index (χ3n) is 4.88. The van der Waals surface area contributed by atoms with Crippen molar-refractivity contribution in [3.8, 4) is 11.3 Å². The van der Waals surface area contributed by atoms with E-state index in [9.17, 15) is 14.0 Å². The van der Waals surface area contributed by atoms with Crippen molar-refractivity contribution < 1.29 is 14.0 Å². The highest BCUT2D eigenvalue weighted by Gasteiger charge is 2.17. The number of anilines is 1. The second kappa shape index (κ2) is 9.54. The molecular formula is C23H21FN4O2S2. The smallest absolute Gasteiger partial charge is 0.227 e. The van der Waals surface area contributed by atoms with Crippen molar-refractivity contribution in [1.29, 1.82) is 0 Å². The highest BCUT2D eigenvalue weighted by molar-refractivity contribution is 8.01. The highest BCUT2D eigenvalue weighted by Crippen LogP contribution is 2.33. The average molecular weight is 469 g/mol. The first-order valence-corrected chi connectivity index (χ1v) is 11.7. The summed E-state index contributed by atoms with van der Waals surface area (Å²) in [5.41, 5.74) is 9.53. The first-order chi connectivity index (χ1) is 15.4. The van der Waals surface area contributed by atoms with Crippen LogP contribution < -0.4 is 11.1 Å². The number of H-pyrrole nitrogens is 1. The number of nitrogens with one attached hydrogen (secondary N) is 2. The Morgan fingerprint density at radius 2 is 2.00 bits per heavy atom. The first-order valence-electron chi connectivity index (χ1n) is 9.94. The number of halogens is 1. The maximum atomic E-state index is 13.9. The van der Waals surface area contributed by atoms with E-state index in [2.05, 4.69) is 15.3 Å². The van der Waals surface area contributed by atoms with Gasteiger partial charge in [-0.3, -0.25) is 9.59 Å². The Morgan fingerprint density at radius 3 is 2.75 bits per heavy atom. The number of hydrogen-bond acceptors (Lipinski definition) is 5. The van der Waals surface area contributed by atoms with Crippen LogP contribution in [0, 0.1) is 12.7 Å². The molecule has 0 bridgehead atoms. The number of amides is 2. The van der Waals surface area contributed by atoms with E-state index in [1.807, 2.05) is 37.3 Å². The summed E-state index contributed by atoms with van der Waals surface area (Å²) in [6.07, 6.45) is 0.652. The molecule has 0 aliphatic rings. The van der Waals surface area contributed by atoms with Gasteiger partial charge in [-0.25, -0.2) is 9.37 Å². The molecule has 2 aromatic heterocycles. The van der Waals surface area contributed by atoms with Gasteiger partial charge in [-0.1, -0.05) is 41.7 Å². The molecule has 2 amide bonds. The number of aromatic nitrogens is 2. The molecule has 0 fully saturated rings. The van der Waals surface area contributed by atoms with Crippen molar-refractivity contribution in [1.82, 2.24) is 9.97 Å². The molecule has 32 heavy (non-hydrogen) atoms. The predicted molar refractivity (Wildman–Crippen MR) is 127 cm³/mol. The zero-order chi connectivity index (χ0) is 22.7. The van der Waals surface area contributed by atoms with Crippen molar-refractivity contribution in [3.05, 3.63) is 65.6 Å².